The van der Waals surface area contributed by atoms with Crippen LogP contribution in [0, 0.1) is 6.92 Å². The molecule has 6 nitrogen and oxygen atoms in total. The summed E-state index contributed by atoms with van der Waals surface area (Å²) in [5.41, 5.74) is 1.17. The van der Waals surface area contributed by atoms with Gasteiger partial charge in [0.05, 0.1) is 17.1 Å². The average Bonchev–Trinajstić information content (AvgIpc) is 3.28. The number of aromatic nitrogens is 2. The van der Waals surface area contributed by atoms with Crippen molar-refractivity contribution in [3.63, 3.8) is 0 Å². The lowest BCUT2D eigenvalue weighted by molar-refractivity contribution is 0.0600. The molecule has 4 rings (SSSR count). The zero-order chi connectivity index (χ0) is 16.8. The second kappa shape index (κ2) is 5.59. The van der Waals surface area contributed by atoms with E-state index in [0.29, 0.717) is 31.0 Å². The zero-order valence-corrected chi connectivity index (χ0v) is 14.2. The molecule has 124 valence electrons. The van der Waals surface area contributed by atoms with E-state index >= 15 is 0 Å². The van der Waals surface area contributed by atoms with Crippen molar-refractivity contribution in [2.75, 3.05) is 19.6 Å². The summed E-state index contributed by atoms with van der Waals surface area (Å²) in [5.74, 6) is -0.0617. The summed E-state index contributed by atoms with van der Waals surface area (Å²) in [6, 6.07) is 3.77. The second-order valence-corrected chi connectivity index (χ2v) is 7.21. The fourth-order valence-corrected chi connectivity index (χ4v) is 4.24. The number of rotatable bonds is 3. The van der Waals surface area contributed by atoms with Gasteiger partial charge in [-0.15, -0.1) is 17.9 Å². The van der Waals surface area contributed by atoms with Gasteiger partial charge < -0.3 is 14.4 Å². The van der Waals surface area contributed by atoms with Crippen LogP contribution in [0.5, 0.6) is 0 Å². The monoisotopic (exact) mass is 342 g/mol. The predicted molar refractivity (Wildman–Crippen MR) is 91.2 cm³/mol. The lowest BCUT2D eigenvalue weighted by Gasteiger charge is -2.37. The SMILES string of the molecule is C=CCN1C(=O)c2cccn2[C@H]2CN(C(=O)c3csc(C)n3)C[C@H]21. The van der Waals surface area contributed by atoms with E-state index in [0.717, 1.165) is 5.01 Å². The van der Waals surface area contributed by atoms with Crippen LogP contribution in [0.2, 0.25) is 0 Å². The van der Waals surface area contributed by atoms with Crippen LogP contribution in [0.3, 0.4) is 0 Å². The predicted octanol–water partition coefficient (Wildman–Crippen LogP) is 1.96. The van der Waals surface area contributed by atoms with Crippen molar-refractivity contribution < 1.29 is 9.59 Å². The summed E-state index contributed by atoms with van der Waals surface area (Å²) < 4.78 is 2.01. The van der Waals surface area contributed by atoms with E-state index in [1.54, 1.807) is 11.5 Å². The Morgan fingerprint density at radius 1 is 1.46 bits per heavy atom. The third-order valence-electron chi connectivity index (χ3n) is 4.73. The van der Waals surface area contributed by atoms with Crippen LogP contribution in [0.15, 0.2) is 36.4 Å². The van der Waals surface area contributed by atoms with Crippen molar-refractivity contribution in [1.82, 2.24) is 19.4 Å². The summed E-state index contributed by atoms with van der Waals surface area (Å²) in [5, 5.41) is 2.68. The number of hydrogen-bond acceptors (Lipinski definition) is 4. The van der Waals surface area contributed by atoms with Crippen LogP contribution in [0.4, 0.5) is 0 Å². The van der Waals surface area contributed by atoms with E-state index in [4.69, 9.17) is 0 Å². The molecule has 24 heavy (non-hydrogen) atoms. The van der Waals surface area contributed by atoms with E-state index in [-0.39, 0.29) is 23.9 Å². The Labute approximate surface area is 144 Å². The maximum atomic E-state index is 12.7. The molecule has 2 aromatic heterocycles. The van der Waals surface area contributed by atoms with Crippen LogP contribution >= 0.6 is 11.3 Å². The molecule has 0 aromatic carbocycles. The van der Waals surface area contributed by atoms with Crippen LogP contribution in [-0.2, 0) is 0 Å². The number of fused-ring (bicyclic) bond motifs is 3. The number of amides is 2. The molecule has 0 saturated carbocycles. The maximum Gasteiger partial charge on any atom is 0.273 e. The highest BCUT2D eigenvalue weighted by atomic mass is 32.1. The first-order valence-electron chi connectivity index (χ1n) is 7.90. The van der Waals surface area contributed by atoms with Crippen LogP contribution in [-0.4, -0.2) is 56.8 Å². The van der Waals surface area contributed by atoms with Gasteiger partial charge in [-0.05, 0) is 19.1 Å². The molecule has 0 aliphatic carbocycles. The number of aryl methyl sites for hydroxylation is 1. The minimum Gasteiger partial charge on any atom is -0.337 e. The fraction of sp³-hybridized carbons (Fsp3) is 0.353. The van der Waals surface area contributed by atoms with Crippen LogP contribution < -0.4 is 0 Å². The Bertz CT molecular complexity index is 824. The van der Waals surface area contributed by atoms with Crippen LogP contribution in [0.25, 0.3) is 0 Å². The minimum absolute atomic E-state index is 0.0000447. The molecule has 2 amide bonds. The van der Waals surface area contributed by atoms with Crippen molar-refractivity contribution in [3.8, 4) is 0 Å². The molecule has 0 N–H and O–H groups in total. The highest BCUT2D eigenvalue weighted by Crippen LogP contribution is 2.34. The summed E-state index contributed by atoms with van der Waals surface area (Å²) in [7, 11) is 0. The van der Waals surface area contributed by atoms with Crippen molar-refractivity contribution in [3.05, 3.63) is 52.8 Å². The largest absolute Gasteiger partial charge is 0.337 e. The molecule has 0 radical (unpaired) electrons. The Kier molecular flexibility index (Phi) is 3.53. The van der Waals surface area contributed by atoms with Gasteiger partial charge in [-0.2, -0.15) is 0 Å². The Morgan fingerprint density at radius 2 is 2.25 bits per heavy atom. The number of carbonyl (C=O) groups is 2. The molecule has 4 heterocycles. The molecule has 1 saturated heterocycles. The number of carbonyl (C=O) groups excluding carboxylic acids is 2. The smallest absolute Gasteiger partial charge is 0.273 e. The molecule has 2 aliphatic rings. The molecule has 7 heteroatoms. The van der Waals surface area contributed by atoms with E-state index in [9.17, 15) is 9.59 Å². The molecular weight excluding hydrogens is 324 g/mol. The van der Waals surface area contributed by atoms with Gasteiger partial charge >= 0.3 is 0 Å². The van der Waals surface area contributed by atoms with Gasteiger partial charge in [-0.3, -0.25) is 9.59 Å². The van der Waals surface area contributed by atoms with Crippen molar-refractivity contribution >= 4 is 23.2 Å². The standard InChI is InChI=1S/C17H18N4O2S/c1-3-6-21-15-9-19(16(22)12-10-24-11(2)18-12)8-14(15)20-7-4-5-13(20)17(21)23/h3-5,7,10,14-15H,1,6,8-9H2,2H3/t14-,15+/m0/s1. The summed E-state index contributed by atoms with van der Waals surface area (Å²) in [4.78, 5) is 33.4. The first-order valence-corrected chi connectivity index (χ1v) is 8.78. The fourth-order valence-electron chi connectivity index (χ4n) is 3.66. The van der Waals surface area contributed by atoms with E-state index in [1.165, 1.54) is 11.3 Å². The first kappa shape index (κ1) is 15.1. The van der Waals surface area contributed by atoms with Gasteiger partial charge in [-0.25, -0.2) is 4.98 Å². The maximum absolute atomic E-state index is 12.7. The Hall–Kier alpha value is -2.41. The minimum atomic E-state index is -0.0616. The number of hydrogen-bond donors (Lipinski definition) is 0. The molecule has 2 aromatic rings. The van der Waals surface area contributed by atoms with Gasteiger partial charge in [0.1, 0.15) is 11.4 Å². The van der Waals surface area contributed by atoms with Gasteiger partial charge in [0, 0.05) is 31.2 Å². The molecule has 0 bridgehead atoms. The van der Waals surface area contributed by atoms with Crippen molar-refractivity contribution in [2.24, 2.45) is 0 Å². The van der Waals surface area contributed by atoms with Crippen molar-refractivity contribution in [1.29, 1.82) is 0 Å². The lowest BCUT2D eigenvalue weighted by Crippen LogP contribution is -2.50. The molecule has 2 aliphatic heterocycles. The highest BCUT2D eigenvalue weighted by molar-refractivity contribution is 7.09. The molecule has 1 fully saturated rings. The van der Waals surface area contributed by atoms with Crippen molar-refractivity contribution in [2.45, 2.75) is 19.0 Å². The third-order valence-corrected chi connectivity index (χ3v) is 5.50. The summed E-state index contributed by atoms with van der Waals surface area (Å²) in [6.07, 6.45) is 3.67. The van der Waals surface area contributed by atoms with E-state index in [1.807, 2.05) is 39.6 Å². The van der Waals surface area contributed by atoms with Gasteiger partial charge in [0.2, 0.25) is 0 Å². The van der Waals surface area contributed by atoms with Gasteiger partial charge in [0.15, 0.2) is 0 Å². The topological polar surface area (TPSA) is 58.4 Å². The molecular formula is C17H18N4O2S. The van der Waals surface area contributed by atoms with Gasteiger partial charge in [-0.1, -0.05) is 6.08 Å². The van der Waals surface area contributed by atoms with E-state index in [2.05, 4.69) is 11.6 Å². The first-order chi connectivity index (χ1) is 11.6. The zero-order valence-electron chi connectivity index (χ0n) is 13.4. The molecule has 0 spiro atoms. The third kappa shape index (κ3) is 2.19. The van der Waals surface area contributed by atoms with Gasteiger partial charge in [0.25, 0.3) is 11.8 Å². The number of likely N-dealkylation sites (tertiary alicyclic amines) is 1. The number of thiazole rings is 1. The Morgan fingerprint density at radius 3 is 2.96 bits per heavy atom. The average molecular weight is 342 g/mol. The number of nitrogens with zero attached hydrogens (tertiary/aromatic N) is 4. The molecule has 0 unspecified atom stereocenters. The lowest BCUT2D eigenvalue weighted by atomic mass is 10.1. The normalized spacial score (nSPS) is 22.5. The highest BCUT2D eigenvalue weighted by Gasteiger charge is 2.46. The second-order valence-electron chi connectivity index (χ2n) is 6.14. The summed E-state index contributed by atoms with van der Waals surface area (Å²) in [6.45, 7) is 7.25. The summed E-state index contributed by atoms with van der Waals surface area (Å²) >= 11 is 1.47. The quantitative estimate of drug-likeness (QED) is 0.801. The Balaban J connectivity index is 1.66. The van der Waals surface area contributed by atoms with Crippen LogP contribution in [0.1, 0.15) is 32.0 Å². The molecule has 2 atom stereocenters. The van der Waals surface area contributed by atoms with E-state index < -0.39 is 0 Å².